The second-order valence-corrected chi connectivity index (χ2v) is 7.35. The monoisotopic (exact) mass is 410 g/mol. The van der Waals surface area contributed by atoms with E-state index >= 15 is 0 Å². The molecule has 0 aliphatic carbocycles. The van der Waals surface area contributed by atoms with Crippen LogP contribution in [0.15, 0.2) is 60.7 Å². The fourth-order valence-corrected chi connectivity index (χ4v) is 3.64. The maximum absolute atomic E-state index is 13.0. The summed E-state index contributed by atoms with van der Waals surface area (Å²) in [6.07, 6.45) is 0.176. The molecule has 7 heteroatoms. The quantitative estimate of drug-likeness (QED) is 0.710. The topological polar surface area (TPSA) is 84.9 Å². The number of carbonyl (C=O) groups is 3. The number of rotatable bonds is 7. The Bertz CT molecular complexity index is 887. The van der Waals surface area contributed by atoms with E-state index in [1.807, 2.05) is 60.7 Å². The predicted molar refractivity (Wildman–Crippen MR) is 110 cm³/mol. The van der Waals surface area contributed by atoms with Crippen molar-refractivity contribution in [2.75, 3.05) is 13.7 Å². The molecule has 1 heterocycles. The van der Waals surface area contributed by atoms with Crippen LogP contribution in [-0.4, -0.2) is 48.1 Å². The van der Waals surface area contributed by atoms with E-state index in [0.29, 0.717) is 19.4 Å². The third-order valence-corrected chi connectivity index (χ3v) is 5.35. The molecule has 0 bridgehead atoms. The summed E-state index contributed by atoms with van der Waals surface area (Å²) in [7, 11) is 1.32. The molecule has 2 atom stereocenters. The van der Waals surface area contributed by atoms with Gasteiger partial charge in [-0.3, -0.25) is 4.79 Å². The average molecular weight is 410 g/mol. The fourth-order valence-electron chi connectivity index (χ4n) is 3.64. The second-order valence-electron chi connectivity index (χ2n) is 7.35. The van der Waals surface area contributed by atoms with Crippen molar-refractivity contribution in [2.45, 2.75) is 38.0 Å². The summed E-state index contributed by atoms with van der Waals surface area (Å²) in [6.45, 7) is 2.11. The van der Waals surface area contributed by atoms with Crippen LogP contribution in [0.1, 0.15) is 24.5 Å². The molecule has 30 heavy (non-hydrogen) atoms. The number of amides is 2. The molecule has 0 saturated carbocycles. The highest BCUT2D eigenvalue weighted by Gasteiger charge is 2.55. The molecule has 3 rings (SSSR count). The minimum atomic E-state index is -1.06. The maximum Gasteiger partial charge on any atom is 0.408 e. The number of esters is 1. The summed E-state index contributed by atoms with van der Waals surface area (Å²) in [5.41, 5.74) is 0.724. The van der Waals surface area contributed by atoms with Gasteiger partial charge in [0.15, 0.2) is 0 Å². The number of hydrogen-bond donors (Lipinski definition) is 1. The summed E-state index contributed by atoms with van der Waals surface area (Å²) < 4.78 is 10.2. The van der Waals surface area contributed by atoms with E-state index in [-0.39, 0.29) is 12.5 Å². The van der Waals surface area contributed by atoms with Crippen LogP contribution in [0, 0.1) is 0 Å². The molecular formula is C23H26N2O5. The van der Waals surface area contributed by atoms with Crippen LogP contribution in [0.25, 0.3) is 0 Å². The first kappa shape index (κ1) is 21.4. The number of alkyl carbamates (subject to hydrolysis) is 1. The van der Waals surface area contributed by atoms with Gasteiger partial charge >= 0.3 is 12.1 Å². The fraction of sp³-hybridized carbons (Fsp3) is 0.348. The Morgan fingerprint density at radius 2 is 1.63 bits per heavy atom. The van der Waals surface area contributed by atoms with Gasteiger partial charge in [-0.05, 0) is 24.5 Å². The van der Waals surface area contributed by atoms with Crippen molar-refractivity contribution in [2.24, 2.45) is 0 Å². The zero-order valence-corrected chi connectivity index (χ0v) is 17.2. The number of likely N-dealkylation sites (tertiary alicyclic amines) is 1. The van der Waals surface area contributed by atoms with Gasteiger partial charge in [-0.2, -0.15) is 0 Å². The van der Waals surface area contributed by atoms with E-state index in [2.05, 4.69) is 5.32 Å². The van der Waals surface area contributed by atoms with Gasteiger partial charge in [0.2, 0.25) is 5.91 Å². The van der Waals surface area contributed by atoms with Gasteiger partial charge in [-0.1, -0.05) is 60.7 Å². The Labute approximate surface area is 176 Å². The molecule has 2 amide bonds. The van der Waals surface area contributed by atoms with Gasteiger partial charge in [0, 0.05) is 13.0 Å². The number of benzene rings is 2. The van der Waals surface area contributed by atoms with Crippen LogP contribution < -0.4 is 5.32 Å². The lowest BCUT2D eigenvalue weighted by Crippen LogP contribution is -2.70. The number of methoxy groups -OCH3 is 1. The lowest BCUT2D eigenvalue weighted by Gasteiger charge is -2.51. The SMILES string of the molecule is COC(=O)[C@]1(Cc2ccccc2)CCN1C(=O)[C@H](C)NC(=O)OCc1ccccc1. The number of nitrogens with zero attached hydrogens (tertiary/aromatic N) is 1. The smallest absolute Gasteiger partial charge is 0.408 e. The van der Waals surface area contributed by atoms with Crippen molar-refractivity contribution < 1.29 is 23.9 Å². The van der Waals surface area contributed by atoms with Gasteiger partial charge in [0.25, 0.3) is 0 Å². The van der Waals surface area contributed by atoms with Gasteiger partial charge in [0.05, 0.1) is 7.11 Å². The number of carbonyl (C=O) groups excluding carboxylic acids is 3. The highest BCUT2D eigenvalue weighted by atomic mass is 16.5. The van der Waals surface area contributed by atoms with E-state index in [0.717, 1.165) is 11.1 Å². The van der Waals surface area contributed by atoms with Crippen molar-refractivity contribution in [3.05, 3.63) is 71.8 Å². The molecule has 158 valence electrons. The minimum Gasteiger partial charge on any atom is -0.467 e. The van der Waals surface area contributed by atoms with Gasteiger partial charge in [-0.25, -0.2) is 9.59 Å². The highest BCUT2D eigenvalue weighted by Crippen LogP contribution is 2.36. The lowest BCUT2D eigenvalue weighted by atomic mass is 9.78. The molecule has 1 saturated heterocycles. The minimum absolute atomic E-state index is 0.109. The molecule has 1 fully saturated rings. The normalized spacial score (nSPS) is 18.7. The Balaban J connectivity index is 1.63. The van der Waals surface area contributed by atoms with Crippen molar-refractivity contribution in [1.82, 2.24) is 10.2 Å². The van der Waals surface area contributed by atoms with Gasteiger partial charge in [0.1, 0.15) is 18.2 Å². The first-order chi connectivity index (χ1) is 14.5. The first-order valence-corrected chi connectivity index (χ1v) is 9.87. The third-order valence-electron chi connectivity index (χ3n) is 5.35. The van der Waals surface area contributed by atoms with Crippen LogP contribution in [-0.2, 0) is 32.1 Å². The second kappa shape index (κ2) is 9.43. The molecule has 7 nitrogen and oxygen atoms in total. The van der Waals surface area contributed by atoms with Crippen molar-refractivity contribution in [3.63, 3.8) is 0 Å². The zero-order valence-electron chi connectivity index (χ0n) is 17.2. The van der Waals surface area contributed by atoms with Gasteiger partial charge in [-0.15, -0.1) is 0 Å². The molecule has 1 aliphatic heterocycles. The number of hydrogen-bond acceptors (Lipinski definition) is 5. The predicted octanol–water partition coefficient (Wildman–Crippen LogP) is 2.69. The Hall–Kier alpha value is -3.35. The standard InChI is InChI=1S/C23H26N2O5/c1-17(24-22(28)30-16-19-11-7-4-8-12-19)20(26)25-14-13-23(25,21(27)29-2)15-18-9-5-3-6-10-18/h3-12,17H,13-16H2,1-2H3,(H,24,28)/t17-,23+/m0/s1. The van der Waals surface area contributed by atoms with Crippen LogP contribution in [0.5, 0.6) is 0 Å². The van der Waals surface area contributed by atoms with Crippen LogP contribution in [0.2, 0.25) is 0 Å². The lowest BCUT2D eigenvalue weighted by molar-refractivity contribution is -0.174. The third kappa shape index (κ3) is 4.62. The Morgan fingerprint density at radius 3 is 2.17 bits per heavy atom. The molecule has 2 aromatic carbocycles. The zero-order chi connectivity index (χ0) is 21.6. The van der Waals surface area contributed by atoms with E-state index in [9.17, 15) is 14.4 Å². The molecular weight excluding hydrogens is 384 g/mol. The van der Waals surface area contributed by atoms with Crippen LogP contribution in [0.3, 0.4) is 0 Å². The van der Waals surface area contributed by atoms with Crippen LogP contribution in [0.4, 0.5) is 4.79 Å². The van der Waals surface area contributed by atoms with Crippen molar-refractivity contribution >= 4 is 18.0 Å². The van der Waals surface area contributed by atoms with Crippen molar-refractivity contribution in [3.8, 4) is 0 Å². The number of nitrogens with one attached hydrogen (secondary N) is 1. The first-order valence-electron chi connectivity index (χ1n) is 9.87. The highest BCUT2D eigenvalue weighted by molar-refractivity contribution is 5.93. The molecule has 0 radical (unpaired) electrons. The Morgan fingerprint density at radius 1 is 1.03 bits per heavy atom. The number of ether oxygens (including phenoxy) is 2. The van der Waals surface area contributed by atoms with Crippen LogP contribution >= 0.6 is 0 Å². The molecule has 0 spiro atoms. The average Bonchev–Trinajstić information content (AvgIpc) is 2.76. The molecule has 1 N–H and O–H groups in total. The summed E-state index contributed by atoms with van der Waals surface area (Å²) in [6, 6.07) is 17.9. The summed E-state index contributed by atoms with van der Waals surface area (Å²) >= 11 is 0. The van der Waals surface area contributed by atoms with Gasteiger partial charge < -0.3 is 19.7 Å². The summed E-state index contributed by atoms with van der Waals surface area (Å²) in [4.78, 5) is 39.2. The molecule has 2 aromatic rings. The summed E-state index contributed by atoms with van der Waals surface area (Å²) in [5.74, 6) is -0.802. The van der Waals surface area contributed by atoms with E-state index in [4.69, 9.17) is 9.47 Å². The summed E-state index contributed by atoms with van der Waals surface area (Å²) in [5, 5.41) is 2.55. The van der Waals surface area contributed by atoms with E-state index in [1.54, 1.807) is 6.92 Å². The Kier molecular flexibility index (Phi) is 6.72. The van der Waals surface area contributed by atoms with E-state index in [1.165, 1.54) is 12.0 Å². The largest absolute Gasteiger partial charge is 0.467 e. The molecule has 0 aromatic heterocycles. The maximum atomic E-state index is 13.0. The molecule has 1 aliphatic rings. The van der Waals surface area contributed by atoms with E-state index < -0.39 is 23.6 Å². The van der Waals surface area contributed by atoms with Crippen molar-refractivity contribution in [1.29, 1.82) is 0 Å². The molecule has 0 unspecified atom stereocenters.